The van der Waals surface area contributed by atoms with E-state index in [-0.39, 0.29) is 12.0 Å². The maximum absolute atomic E-state index is 13.4. The van der Waals surface area contributed by atoms with E-state index in [2.05, 4.69) is 28.0 Å². The van der Waals surface area contributed by atoms with Crippen LogP contribution in [0.15, 0.2) is 30.4 Å². The molecule has 1 aromatic rings. The lowest BCUT2D eigenvalue weighted by Gasteiger charge is -2.59. The van der Waals surface area contributed by atoms with Crippen molar-refractivity contribution in [1.29, 1.82) is 0 Å². The van der Waals surface area contributed by atoms with Crippen LogP contribution >= 0.6 is 0 Å². The van der Waals surface area contributed by atoms with Gasteiger partial charge < -0.3 is 24.8 Å². The first kappa shape index (κ1) is 20.3. The lowest BCUT2D eigenvalue weighted by molar-refractivity contribution is -0.175. The highest BCUT2D eigenvalue weighted by molar-refractivity contribution is 5.87. The number of likely N-dealkylation sites (N-methyl/N-ethyl adjacent to an activating group) is 1. The number of ether oxygens (including phenoxy) is 3. The van der Waals surface area contributed by atoms with E-state index in [4.69, 9.17) is 19.9 Å². The van der Waals surface area contributed by atoms with Gasteiger partial charge in [0.2, 0.25) is 0 Å². The number of benzene rings is 1. The summed E-state index contributed by atoms with van der Waals surface area (Å²) in [6.45, 7) is 3.06. The van der Waals surface area contributed by atoms with Gasteiger partial charge in [-0.15, -0.1) is 0 Å². The second-order valence-corrected chi connectivity index (χ2v) is 9.09. The summed E-state index contributed by atoms with van der Waals surface area (Å²) in [5, 5.41) is 0. The molecule has 2 N–H and O–H groups in total. The van der Waals surface area contributed by atoms with Gasteiger partial charge >= 0.3 is 11.9 Å². The summed E-state index contributed by atoms with van der Waals surface area (Å²) in [7, 11) is 4.93. The predicted molar refractivity (Wildman–Crippen MR) is 114 cm³/mol. The zero-order chi connectivity index (χ0) is 22.1. The number of fused-ring (bicyclic) bond motifs is 1. The third-order valence-corrected chi connectivity index (χ3v) is 7.86. The molecule has 0 radical (unpaired) electrons. The lowest BCUT2D eigenvalue weighted by atomic mass is 9.53. The van der Waals surface area contributed by atoms with Crippen LogP contribution in [-0.4, -0.2) is 74.9 Å². The number of rotatable bonds is 3. The zero-order valence-corrected chi connectivity index (χ0v) is 18.3. The van der Waals surface area contributed by atoms with Crippen molar-refractivity contribution in [3.8, 4) is 5.75 Å². The van der Waals surface area contributed by atoms with E-state index in [1.54, 1.807) is 7.11 Å². The third kappa shape index (κ3) is 2.37. The first-order valence-electron chi connectivity index (χ1n) is 10.7. The fraction of sp³-hybridized carbons (Fsp3) is 0.565. The van der Waals surface area contributed by atoms with Gasteiger partial charge in [-0.25, -0.2) is 4.79 Å². The number of anilines is 1. The summed E-state index contributed by atoms with van der Waals surface area (Å²) < 4.78 is 16.5. The Balaban J connectivity index is 1.80. The Morgan fingerprint density at radius 1 is 1.26 bits per heavy atom. The highest BCUT2D eigenvalue weighted by Crippen LogP contribution is 2.62. The summed E-state index contributed by atoms with van der Waals surface area (Å²) >= 11 is 0. The standard InChI is InChI=1S/C23H29N3O5/c1-13(27)31-19-15-6-5-10-26-11-9-22(18(15)26)16-8-7-14(29-3)12-17(16)25(2)20(22)23(19,24)21(28)30-4/h5-8,12,15,18-20H,9-11,24H2,1-4H3/t15?,18?,19?,20?,22-,23-/m1/s1. The lowest BCUT2D eigenvalue weighted by Crippen LogP contribution is -2.81. The summed E-state index contributed by atoms with van der Waals surface area (Å²) in [6, 6.07) is 5.70. The average Bonchev–Trinajstić information content (AvgIpc) is 3.27. The van der Waals surface area contributed by atoms with Gasteiger partial charge in [0.15, 0.2) is 5.54 Å². The highest BCUT2D eigenvalue weighted by atomic mass is 16.6. The maximum atomic E-state index is 13.4. The van der Waals surface area contributed by atoms with Crippen molar-refractivity contribution >= 4 is 17.6 Å². The highest BCUT2D eigenvalue weighted by Gasteiger charge is 2.75. The average molecular weight is 428 g/mol. The van der Waals surface area contributed by atoms with E-state index < -0.39 is 35.0 Å². The molecule has 6 atom stereocenters. The molecular weight excluding hydrogens is 398 g/mol. The third-order valence-electron chi connectivity index (χ3n) is 7.86. The molecule has 1 aliphatic carbocycles. The molecular formula is C23H29N3O5. The van der Waals surface area contributed by atoms with Crippen molar-refractivity contribution in [2.45, 2.75) is 42.5 Å². The molecule has 0 amide bonds. The quantitative estimate of drug-likeness (QED) is 0.560. The predicted octanol–water partition coefficient (Wildman–Crippen LogP) is 0.828. The molecule has 0 bridgehead atoms. The topological polar surface area (TPSA) is 94.3 Å². The number of carbonyl (C=O) groups is 2. The molecule has 1 saturated carbocycles. The first-order valence-corrected chi connectivity index (χ1v) is 10.7. The minimum absolute atomic E-state index is 0.0604. The number of hydrogen-bond acceptors (Lipinski definition) is 8. The maximum Gasteiger partial charge on any atom is 0.331 e. The second-order valence-electron chi connectivity index (χ2n) is 9.09. The minimum atomic E-state index is -1.54. The minimum Gasteiger partial charge on any atom is -0.497 e. The van der Waals surface area contributed by atoms with Crippen molar-refractivity contribution < 1.29 is 23.8 Å². The molecule has 2 fully saturated rings. The molecule has 8 heteroatoms. The summed E-state index contributed by atoms with van der Waals surface area (Å²) in [5.41, 5.74) is 7.25. The van der Waals surface area contributed by atoms with Crippen LogP contribution in [0.3, 0.4) is 0 Å². The molecule has 31 heavy (non-hydrogen) atoms. The van der Waals surface area contributed by atoms with Crippen molar-refractivity contribution in [3.63, 3.8) is 0 Å². The number of carbonyl (C=O) groups excluding carboxylic acids is 2. The second kappa shape index (κ2) is 6.71. The van der Waals surface area contributed by atoms with E-state index >= 15 is 0 Å². The van der Waals surface area contributed by atoms with Crippen molar-refractivity contribution in [2.24, 2.45) is 11.7 Å². The van der Waals surface area contributed by atoms with E-state index in [9.17, 15) is 9.59 Å². The monoisotopic (exact) mass is 427 g/mol. The van der Waals surface area contributed by atoms with Gasteiger partial charge in [0.25, 0.3) is 0 Å². The van der Waals surface area contributed by atoms with Crippen LogP contribution < -0.4 is 15.4 Å². The Hall–Kier alpha value is -2.58. The van der Waals surface area contributed by atoms with Crippen LogP contribution in [0.4, 0.5) is 5.69 Å². The van der Waals surface area contributed by atoms with Crippen LogP contribution in [0.25, 0.3) is 0 Å². The molecule has 166 valence electrons. The molecule has 0 aromatic heterocycles. The largest absolute Gasteiger partial charge is 0.497 e. The molecule has 4 unspecified atom stereocenters. The van der Waals surface area contributed by atoms with Crippen LogP contribution in [0.1, 0.15) is 18.9 Å². The molecule has 3 aliphatic heterocycles. The van der Waals surface area contributed by atoms with E-state index in [0.29, 0.717) is 0 Å². The SMILES string of the molecule is COC(=O)[C@@]1(N)C(OC(C)=O)C2C=CCN3CC[C@@]4(c5ccc(OC)cc5N(C)C14)C23. The number of methoxy groups -OCH3 is 2. The van der Waals surface area contributed by atoms with Crippen molar-refractivity contribution in [3.05, 3.63) is 35.9 Å². The van der Waals surface area contributed by atoms with Crippen molar-refractivity contribution in [2.75, 3.05) is 39.3 Å². The first-order chi connectivity index (χ1) is 14.8. The Bertz CT molecular complexity index is 980. The Kier molecular flexibility index (Phi) is 4.40. The van der Waals surface area contributed by atoms with Gasteiger partial charge in [-0.1, -0.05) is 18.2 Å². The van der Waals surface area contributed by atoms with Crippen LogP contribution in [0.5, 0.6) is 5.75 Å². The molecule has 3 heterocycles. The Morgan fingerprint density at radius 3 is 2.71 bits per heavy atom. The molecule has 1 aromatic carbocycles. The summed E-state index contributed by atoms with van der Waals surface area (Å²) in [5.74, 6) is -0.500. The van der Waals surface area contributed by atoms with Gasteiger partial charge in [-0.05, 0) is 24.6 Å². The zero-order valence-electron chi connectivity index (χ0n) is 18.3. The van der Waals surface area contributed by atoms with Gasteiger partial charge in [0, 0.05) is 49.6 Å². The molecule has 8 nitrogen and oxygen atoms in total. The Labute approximate surface area is 181 Å². The molecule has 1 saturated heterocycles. The molecule has 5 rings (SSSR count). The fourth-order valence-corrected chi connectivity index (χ4v) is 6.99. The van der Waals surface area contributed by atoms with E-state index in [1.807, 2.05) is 19.2 Å². The van der Waals surface area contributed by atoms with Gasteiger partial charge in [-0.2, -0.15) is 0 Å². The van der Waals surface area contributed by atoms with Crippen LogP contribution in [-0.2, 0) is 24.5 Å². The Morgan fingerprint density at radius 2 is 2.03 bits per heavy atom. The number of esters is 2. The smallest absolute Gasteiger partial charge is 0.331 e. The van der Waals surface area contributed by atoms with Crippen molar-refractivity contribution in [1.82, 2.24) is 4.90 Å². The fourth-order valence-electron chi connectivity index (χ4n) is 6.99. The summed E-state index contributed by atoms with van der Waals surface area (Å²) in [6.07, 6.45) is 4.18. The van der Waals surface area contributed by atoms with Gasteiger partial charge in [-0.3, -0.25) is 9.69 Å². The normalized spacial score (nSPS) is 37.6. The van der Waals surface area contributed by atoms with Gasteiger partial charge in [0.1, 0.15) is 11.9 Å². The number of nitrogens with two attached hydrogens (primary N) is 1. The molecule has 1 spiro atoms. The number of hydrogen-bond donors (Lipinski definition) is 1. The van der Waals surface area contributed by atoms with E-state index in [1.165, 1.54) is 14.0 Å². The van der Waals surface area contributed by atoms with Crippen LogP contribution in [0, 0.1) is 5.92 Å². The van der Waals surface area contributed by atoms with Gasteiger partial charge in [0.05, 0.1) is 20.3 Å². The van der Waals surface area contributed by atoms with Crippen LogP contribution in [0.2, 0.25) is 0 Å². The molecule has 4 aliphatic rings. The van der Waals surface area contributed by atoms with E-state index in [0.717, 1.165) is 36.5 Å². The number of nitrogens with zero attached hydrogens (tertiary/aromatic N) is 2. The summed E-state index contributed by atoms with van der Waals surface area (Å²) in [4.78, 5) is 30.0.